The number of aliphatic carboxylic acids is 1. The van der Waals surface area contributed by atoms with Gasteiger partial charge >= 0.3 is 5.97 Å². The van der Waals surface area contributed by atoms with Gasteiger partial charge in [0.05, 0.1) is 6.61 Å². The van der Waals surface area contributed by atoms with Crippen molar-refractivity contribution in [3.8, 4) is 5.75 Å². The van der Waals surface area contributed by atoms with Crippen molar-refractivity contribution >= 4 is 17.6 Å². The van der Waals surface area contributed by atoms with Crippen LogP contribution < -0.4 is 9.64 Å². The van der Waals surface area contributed by atoms with Gasteiger partial charge in [-0.3, -0.25) is 4.79 Å². The van der Waals surface area contributed by atoms with Gasteiger partial charge in [0, 0.05) is 18.3 Å². The van der Waals surface area contributed by atoms with Crippen LogP contribution in [-0.4, -0.2) is 47.4 Å². The first-order valence-corrected chi connectivity index (χ1v) is 8.17. The molecule has 2 N–H and O–H groups in total. The first-order chi connectivity index (χ1) is 12.6. The Bertz CT molecular complexity index is 779. The zero-order valence-corrected chi connectivity index (χ0v) is 13.9. The summed E-state index contributed by atoms with van der Waals surface area (Å²) in [7, 11) is 0. The van der Waals surface area contributed by atoms with E-state index in [0.717, 1.165) is 5.56 Å². The molecule has 0 aliphatic carbocycles. The molecule has 1 saturated heterocycles. The van der Waals surface area contributed by atoms with Crippen LogP contribution in [0.3, 0.4) is 0 Å². The Morgan fingerprint density at radius 1 is 1.23 bits per heavy atom. The molecular formula is C19H19NO6. The number of hydrogen-bond donors (Lipinski definition) is 2. The van der Waals surface area contributed by atoms with Crippen molar-refractivity contribution in [2.45, 2.75) is 18.8 Å². The largest absolute Gasteiger partial charge is 0.489 e. The normalized spacial score (nSPS) is 18.4. The second-order valence-corrected chi connectivity index (χ2v) is 5.84. The molecule has 0 aromatic heterocycles. The molecule has 1 aliphatic heterocycles. The first-order valence-electron chi connectivity index (χ1n) is 8.17. The fourth-order valence-corrected chi connectivity index (χ4v) is 2.70. The minimum absolute atomic E-state index is 0.135. The summed E-state index contributed by atoms with van der Waals surface area (Å²) in [5, 5.41) is 18.6. The van der Waals surface area contributed by atoms with Crippen molar-refractivity contribution in [2.75, 3.05) is 18.1 Å². The molecule has 1 heterocycles. The second kappa shape index (κ2) is 7.99. The van der Waals surface area contributed by atoms with Crippen LogP contribution in [0.15, 0.2) is 54.6 Å². The van der Waals surface area contributed by atoms with E-state index in [2.05, 4.69) is 0 Å². The lowest BCUT2D eigenvalue weighted by atomic mass is 10.1. The van der Waals surface area contributed by atoms with Crippen LogP contribution >= 0.6 is 0 Å². The fourth-order valence-electron chi connectivity index (χ4n) is 2.70. The van der Waals surface area contributed by atoms with Crippen molar-refractivity contribution in [2.24, 2.45) is 0 Å². The van der Waals surface area contributed by atoms with Gasteiger partial charge in [-0.25, -0.2) is 4.79 Å². The molecule has 2 atom stereocenters. The minimum atomic E-state index is -1.90. The lowest BCUT2D eigenvalue weighted by Crippen LogP contribution is -2.54. The third-order valence-electron chi connectivity index (χ3n) is 4.04. The van der Waals surface area contributed by atoms with Gasteiger partial charge < -0.3 is 24.6 Å². The third-order valence-corrected chi connectivity index (χ3v) is 4.04. The Kier molecular flexibility index (Phi) is 5.50. The van der Waals surface area contributed by atoms with E-state index in [1.54, 1.807) is 24.3 Å². The smallest absolute Gasteiger partial charge is 0.335 e. The molecule has 1 amide bonds. The summed E-state index contributed by atoms with van der Waals surface area (Å²) < 4.78 is 10.9. The number of hydrogen-bond acceptors (Lipinski definition) is 5. The molecule has 0 bridgehead atoms. The molecule has 1 fully saturated rings. The van der Waals surface area contributed by atoms with Gasteiger partial charge in [0.2, 0.25) is 0 Å². The molecule has 2 aromatic rings. The number of carbonyl (C=O) groups excluding carboxylic acids is 1. The summed E-state index contributed by atoms with van der Waals surface area (Å²) in [6.45, 7) is 0.793. The van der Waals surface area contributed by atoms with Gasteiger partial charge in [-0.05, 0) is 17.7 Å². The van der Waals surface area contributed by atoms with Crippen LogP contribution in [0.1, 0.15) is 5.56 Å². The van der Waals surface area contributed by atoms with Crippen LogP contribution in [0.5, 0.6) is 5.75 Å². The number of aliphatic hydroxyl groups excluding tert-OH is 1. The number of aliphatic hydroxyl groups is 1. The molecule has 26 heavy (non-hydrogen) atoms. The van der Waals surface area contributed by atoms with E-state index < -0.39 is 24.1 Å². The summed E-state index contributed by atoms with van der Waals surface area (Å²) in [6, 6.07) is 16.6. The summed E-state index contributed by atoms with van der Waals surface area (Å²) in [5.41, 5.74) is 1.58. The molecule has 0 saturated carbocycles. The predicted molar refractivity (Wildman–Crippen MR) is 93.0 cm³/mol. The summed E-state index contributed by atoms with van der Waals surface area (Å²) in [6.07, 6.45) is -3.32. The van der Waals surface area contributed by atoms with Crippen LogP contribution in [0.25, 0.3) is 0 Å². The van der Waals surface area contributed by atoms with E-state index in [1.165, 1.54) is 4.90 Å². The minimum Gasteiger partial charge on any atom is -0.489 e. The zero-order chi connectivity index (χ0) is 18.5. The van der Waals surface area contributed by atoms with E-state index in [-0.39, 0.29) is 13.2 Å². The van der Waals surface area contributed by atoms with Crippen LogP contribution in [0.4, 0.5) is 5.69 Å². The number of ether oxygens (including phenoxy) is 2. The van der Waals surface area contributed by atoms with Gasteiger partial charge in [0.15, 0.2) is 12.2 Å². The van der Waals surface area contributed by atoms with E-state index in [1.807, 2.05) is 30.3 Å². The number of benzene rings is 2. The average Bonchev–Trinajstić information content (AvgIpc) is 2.67. The average molecular weight is 357 g/mol. The van der Waals surface area contributed by atoms with Gasteiger partial charge in [-0.15, -0.1) is 0 Å². The first kappa shape index (κ1) is 17.9. The molecule has 3 rings (SSSR count). The number of carbonyl (C=O) groups is 2. The molecule has 1 aliphatic rings. The standard InChI is InChI=1S/C19H19NO6/c21-16(19(23)24)17-18(22)20(9-10-25-17)14-7-4-8-15(11-14)26-12-13-5-2-1-3-6-13/h1-8,11,16-17,21H,9-10,12H2,(H,23,24). The number of carboxylic acid groups (broad SMARTS) is 1. The van der Waals surface area contributed by atoms with E-state index >= 15 is 0 Å². The maximum Gasteiger partial charge on any atom is 0.335 e. The monoisotopic (exact) mass is 357 g/mol. The van der Waals surface area contributed by atoms with E-state index in [4.69, 9.17) is 14.6 Å². The zero-order valence-electron chi connectivity index (χ0n) is 13.9. The molecule has 2 unspecified atom stereocenters. The van der Waals surface area contributed by atoms with Gasteiger partial charge in [-0.1, -0.05) is 36.4 Å². The van der Waals surface area contributed by atoms with Crippen molar-refractivity contribution < 1.29 is 29.3 Å². The lowest BCUT2D eigenvalue weighted by molar-refractivity contribution is -0.163. The van der Waals surface area contributed by atoms with Crippen LogP contribution in [0.2, 0.25) is 0 Å². The summed E-state index contributed by atoms with van der Waals surface area (Å²) in [4.78, 5) is 24.8. The molecule has 7 heteroatoms. The number of anilines is 1. The van der Waals surface area contributed by atoms with E-state index in [0.29, 0.717) is 18.0 Å². The number of amides is 1. The third kappa shape index (κ3) is 4.01. The highest BCUT2D eigenvalue weighted by molar-refractivity contribution is 6.00. The van der Waals surface area contributed by atoms with Crippen molar-refractivity contribution in [3.05, 3.63) is 60.2 Å². The maximum atomic E-state index is 12.5. The number of morpholine rings is 1. The Morgan fingerprint density at radius 2 is 2.00 bits per heavy atom. The topological polar surface area (TPSA) is 96.3 Å². The quantitative estimate of drug-likeness (QED) is 0.812. The Balaban J connectivity index is 1.72. The fraction of sp³-hybridized carbons (Fsp3) is 0.263. The number of nitrogens with zero attached hydrogens (tertiary/aromatic N) is 1. The maximum absolute atomic E-state index is 12.5. The highest BCUT2D eigenvalue weighted by Crippen LogP contribution is 2.25. The molecule has 136 valence electrons. The Labute approximate surface area is 150 Å². The molecule has 7 nitrogen and oxygen atoms in total. The number of carboxylic acids is 1. The second-order valence-electron chi connectivity index (χ2n) is 5.84. The molecular weight excluding hydrogens is 338 g/mol. The molecule has 0 spiro atoms. The van der Waals surface area contributed by atoms with Crippen LogP contribution in [-0.2, 0) is 20.9 Å². The van der Waals surface area contributed by atoms with Gasteiger partial charge in [0.25, 0.3) is 5.91 Å². The van der Waals surface area contributed by atoms with Crippen molar-refractivity contribution in [1.82, 2.24) is 0 Å². The van der Waals surface area contributed by atoms with Crippen LogP contribution in [0, 0.1) is 0 Å². The molecule has 0 radical (unpaired) electrons. The summed E-state index contributed by atoms with van der Waals surface area (Å²) in [5.74, 6) is -1.50. The highest BCUT2D eigenvalue weighted by Gasteiger charge is 2.39. The van der Waals surface area contributed by atoms with Gasteiger partial charge in [-0.2, -0.15) is 0 Å². The Hall–Kier alpha value is -2.90. The van der Waals surface area contributed by atoms with E-state index in [9.17, 15) is 14.7 Å². The predicted octanol–water partition coefficient (Wildman–Crippen LogP) is 1.44. The molecule has 2 aromatic carbocycles. The highest BCUT2D eigenvalue weighted by atomic mass is 16.5. The lowest BCUT2D eigenvalue weighted by Gasteiger charge is -2.33. The number of rotatable bonds is 6. The van der Waals surface area contributed by atoms with Crippen molar-refractivity contribution in [3.63, 3.8) is 0 Å². The SMILES string of the molecule is O=C(O)C(O)C1OCCN(c2cccc(OCc3ccccc3)c2)C1=O. The Morgan fingerprint density at radius 3 is 2.73 bits per heavy atom. The van der Waals surface area contributed by atoms with Crippen molar-refractivity contribution in [1.29, 1.82) is 0 Å². The summed E-state index contributed by atoms with van der Waals surface area (Å²) >= 11 is 0. The van der Waals surface area contributed by atoms with Gasteiger partial charge in [0.1, 0.15) is 12.4 Å².